The molecule has 0 aromatic heterocycles. The molecule has 0 radical (unpaired) electrons. The molecule has 9 heteroatoms. The molecule has 1 aromatic rings. The van der Waals surface area contributed by atoms with Crippen molar-refractivity contribution in [2.45, 2.75) is 31.1 Å². The second-order valence-corrected chi connectivity index (χ2v) is 8.29. The van der Waals surface area contributed by atoms with Gasteiger partial charge in [0.05, 0.1) is 10.5 Å². The lowest BCUT2D eigenvalue weighted by Gasteiger charge is -2.30. The predicted octanol–water partition coefficient (Wildman–Crippen LogP) is 1.33. The van der Waals surface area contributed by atoms with E-state index in [1.807, 2.05) is 6.92 Å². The van der Waals surface area contributed by atoms with E-state index in [1.165, 1.54) is 28.6 Å². The third kappa shape index (κ3) is 5.75. The molecule has 1 amide bonds. The van der Waals surface area contributed by atoms with Gasteiger partial charge in [-0.1, -0.05) is 0 Å². The summed E-state index contributed by atoms with van der Waals surface area (Å²) < 4.78 is 31.9. The van der Waals surface area contributed by atoms with Gasteiger partial charge in [0.1, 0.15) is 0 Å². The number of sulfonamides is 1. The number of ether oxygens (including phenoxy) is 1. The quantitative estimate of drug-likeness (QED) is 0.607. The van der Waals surface area contributed by atoms with Gasteiger partial charge < -0.3 is 15.2 Å². The van der Waals surface area contributed by atoms with Gasteiger partial charge in [-0.15, -0.1) is 0 Å². The van der Waals surface area contributed by atoms with Crippen molar-refractivity contribution >= 4 is 21.9 Å². The third-order valence-electron chi connectivity index (χ3n) is 4.53. The maximum absolute atomic E-state index is 12.7. The van der Waals surface area contributed by atoms with E-state index in [9.17, 15) is 18.0 Å². The Hall–Kier alpha value is -1.97. The number of amides is 1. The number of carboxylic acid groups (broad SMARTS) is 1. The van der Waals surface area contributed by atoms with Crippen LogP contribution in [-0.4, -0.2) is 62.6 Å². The largest absolute Gasteiger partial charge is 0.478 e. The Morgan fingerprint density at radius 1 is 1.22 bits per heavy atom. The van der Waals surface area contributed by atoms with Gasteiger partial charge in [0.15, 0.2) is 0 Å². The molecule has 1 fully saturated rings. The molecule has 1 saturated heterocycles. The van der Waals surface area contributed by atoms with Crippen LogP contribution in [0.15, 0.2) is 29.2 Å². The zero-order chi connectivity index (χ0) is 19.9. The second kappa shape index (κ2) is 9.82. The Kier molecular flexibility index (Phi) is 7.76. The van der Waals surface area contributed by atoms with Crippen LogP contribution in [0.25, 0.3) is 0 Å². The minimum absolute atomic E-state index is 0.0358. The molecule has 27 heavy (non-hydrogen) atoms. The van der Waals surface area contributed by atoms with E-state index < -0.39 is 16.0 Å². The molecular weight excluding hydrogens is 372 g/mol. The number of hydrogen-bond donors (Lipinski definition) is 2. The summed E-state index contributed by atoms with van der Waals surface area (Å²) in [4.78, 5) is 23.1. The fraction of sp³-hybridized carbons (Fsp3) is 0.556. The minimum Gasteiger partial charge on any atom is -0.478 e. The summed E-state index contributed by atoms with van der Waals surface area (Å²) in [5, 5.41) is 11.8. The van der Waals surface area contributed by atoms with Crippen LogP contribution in [0.5, 0.6) is 0 Å². The van der Waals surface area contributed by atoms with E-state index in [1.54, 1.807) is 0 Å². The number of rotatable bonds is 9. The summed E-state index contributed by atoms with van der Waals surface area (Å²) >= 11 is 0. The lowest BCUT2D eigenvalue weighted by molar-refractivity contribution is -0.126. The van der Waals surface area contributed by atoms with Gasteiger partial charge in [0.25, 0.3) is 0 Å². The van der Waals surface area contributed by atoms with E-state index in [2.05, 4.69) is 5.32 Å². The van der Waals surface area contributed by atoms with E-state index in [0.717, 1.165) is 6.42 Å². The van der Waals surface area contributed by atoms with Crippen molar-refractivity contribution < 1.29 is 27.9 Å². The molecule has 2 N–H and O–H groups in total. The Morgan fingerprint density at radius 2 is 1.85 bits per heavy atom. The molecule has 1 heterocycles. The SMILES string of the molecule is CCOCCCNC(=O)C1CCN(S(=O)(=O)c2ccc(C(=O)O)cc2)CC1. The first-order valence-electron chi connectivity index (χ1n) is 9.05. The van der Waals surface area contributed by atoms with Crippen LogP contribution in [0.2, 0.25) is 0 Å². The molecule has 8 nitrogen and oxygen atoms in total. The molecule has 0 bridgehead atoms. The van der Waals surface area contributed by atoms with E-state index in [-0.39, 0.29) is 35.4 Å². The molecule has 0 aliphatic carbocycles. The monoisotopic (exact) mass is 398 g/mol. The summed E-state index contributed by atoms with van der Waals surface area (Å²) in [6.07, 6.45) is 1.67. The first kappa shape index (κ1) is 21.3. The van der Waals surface area contributed by atoms with Crippen LogP contribution < -0.4 is 5.32 Å². The molecular formula is C18H26N2O6S. The number of piperidine rings is 1. The van der Waals surface area contributed by atoms with Crippen LogP contribution in [0.4, 0.5) is 0 Å². The van der Waals surface area contributed by atoms with E-state index in [0.29, 0.717) is 32.6 Å². The Labute approximate surface area is 159 Å². The van der Waals surface area contributed by atoms with Crippen LogP contribution in [-0.2, 0) is 19.6 Å². The standard InChI is InChI=1S/C18H26N2O6S/c1-2-26-13-3-10-19-17(21)14-8-11-20(12-9-14)27(24,25)16-6-4-15(5-7-16)18(22)23/h4-7,14H,2-3,8-13H2,1H3,(H,19,21)(H,22,23). The zero-order valence-corrected chi connectivity index (χ0v) is 16.2. The highest BCUT2D eigenvalue weighted by Crippen LogP contribution is 2.24. The highest BCUT2D eigenvalue weighted by Gasteiger charge is 2.32. The first-order chi connectivity index (χ1) is 12.9. The molecule has 0 saturated carbocycles. The molecule has 1 aliphatic heterocycles. The number of aromatic carboxylic acids is 1. The van der Waals surface area contributed by atoms with Gasteiger partial charge in [-0.25, -0.2) is 13.2 Å². The number of benzene rings is 1. The topological polar surface area (TPSA) is 113 Å². The summed E-state index contributed by atoms with van der Waals surface area (Å²) in [6, 6.07) is 5.15. The predicted molar refractivity (Wildman–Crippen MR) is 99.0 cm³/mol. The lowest BCUT2D eigenvalue weighted by atomic mass is 9.97. The summed E-state index contributed by atoms with van der Waals surface area (Å²) in [5.41, 5.74) is 0.0358. The number of hydrogen-bond acceptors (Lipinski definition) is 5. The molecule has 0 atom stereocenters. The van der Waals surface area contributed by atoms with Crippen molar-refractivity contribution in [3.63, 3.8) is 0 Å². The summed E-state index contributed by atoms with van der Waals surface area (Å²) in [5.74, 6) is -1.35. The highest BCUT2D eigenvalue weighted by molar-refractivity contribution is 7.89. The van der Waals surface area contributed by atoms with Gasteiger partial charge in [-0.2, -0.15) is 4.31 Å². The maximum atomic E-state index is 12.7. The third-order valence-corrected chi connectivity index (χ3v) is 6.45. The van der Waals surface area contributed by atoms with Gasteiger partial charge in [0.2, 0.25) is 15.9 Å². The number of carbonyl (C=O) groups is 2. The number of carbonyl (C=O) groups excluding carboxylic acids is 1. The fourth-order valence-corrected chi connectivity index (χ4v) is 4.42. The average Bonchev–Trinajstić information content (AvgIpc) is 2.67. The van der Waals surface area contributed by atoms with Crippen molar-refractivity contribution in [3.05, 3.63) is 29.8 Å². The van der Waals surface area contributed by atoms with Crippen LogP contribution in [0.3, 0.4) is 0 Å². The van der Waals surface area contributed by atoms with Crippen molar-refractivity contribution in [2.24, 2.45) is 5.92 Å². The van der Waals surface area contributed by atoms with Gasteiger partial charge >= 0.3 is 5.97 Å². The molecule has 1 aromatic carbocycles. The zero-order valence-electron chi connectivity index (χ0n) is 15.4. The van der Waals surface area contributed by atoms with Crippen molar-refractivity contribution in [2.75, 3.05) is 32.8 Å². The average molecular weight is 398 g/mol. The van der Waals surface area contributed by atoms with Crippen molar-refractivity contribution in [3.8, 4) is 0 Å². The summed E-state index contributed by atoms with van der Waals surface area (Å²) in [7, 11) is -3.69. The number of nitrogens with one attached hydrogen (secondary N) is 1. The van der Waals surface area contributed by atoms with Crippen LogP contribution in [0.1, 0.15) is 36.5 Å². The second-order valence-electron chi connectivity index (χ2n) is 6.35. The smallest absolute Gasteiger partial charge is 0.335 e. The highest BCUT2D eigenvalue weighted by atomic mass is 32.2. The fourth-order valence-electron chi connectivity index (χ4n) is 2.95. The number of carboxylic acids is 1. The molecule has 0 spiro atoms. The normalized spacial score (nSPS) is 16.2. The molecule has 0 unspecified atom stereocenters. The molecule has 2 rings (SSSR count). The van der Waals surface area contributed by atoms with Crippen molar-refractivity contribution in [1.82, 2.24) is 9.62 Å². The van der Waals surface area contributed by atoms with E-state index in [4.69, 9.17) is 9.84 Å². The first-order valence-corrected chi connectivity index (χ1v) is 10.5. The van der Waals surface area contributed by atoms with Crippen LogP contribution >= 0.6 is 0 Å². The summed E-state index contributed by atoms with van der Waals surface area (Å²) in [6.45, 7) is 4.25. The Bertz CT molecular complexity index is 740. The maximum Gasteiger partial charge on any atom is 0.335 e. The van der Waals surface area contributed by atoms with Crippen molar-refractivity contribution in [1.29, 1.82) is 0 Å². The van der Waals surface area contributed by atoms with Gasteiger partial charge in [-0.05, 0) is 50.5 Å². The Morgan fingerprint density at radius 3 is 2.41 bits per heavy atom. The van der Waals surface area contributed by atoms with Gasteiger partial charge in [-0.3, -0.25) is 4.79 Å². The molecule has 150 valence electrons. The van der Waals surface area contributed by atoms with E-state index >= 15 is 0 Å². The lowest BCUT2D eigenvalue weighted by Crippen LogP contribution is -2.43. The van der Waals surface area contributed by atoms with Crippen LogP contribution in [0, 0.1) is 5.92 Å². The number of nitrogens with zero attached hydrogens (tertiary/aromatic N) is 1. The van der Waals surface area contributed by atoms with Gasteiger partial charge in [0, 0.05) is 38.8 Å². The Balaban J connectivity index is 1.86. The molecule has 1 aliphatic rings. The minimum atomic E-state index is -3.69.